The molecule has 0 unspecified atom stereocenters. The lowest BCUT2D eigenvalue weighted by Crippen LogP contribution is -2.44. The van der Waals surface area contributed by atoms with Crippen LogP contribution in [0.25, 0.3) is 56.0 Å². The van der Waals surface area contributed by atoms with Crippen LogP contribution in [0.5, 0.6) is 0 Å². The molecule has 16 nitrogen and oxygen atoms in total. The molecule has 0 aliphatic carbocycles. The molecular weight excluding hydrogens is 864 g/mol. The Kier molecular flexibility index (Phi) is 10.7. The van der Waals surface area contributed by atoms with E-state index in [9.17, 15) is 21.6 Å². The third kappa shape index (κ3) is 8.44. The van der Waals surface area contributed by atoms with Crippen molar-refractivity contribution in [2.24, 2.45) is 0 Å². The molecule has 1 saturated heterocycles. The number of nitrogens with zero attached hydrogens (tertiary/aromatic N) is 9. The normalized spacial score (nSPS) is 14.0. The van der Waals surface area contributed by atoms with Crippen LogP contribution in [-0.4, -0.2) is 90.4 Å². The molecule has 1 N–H and O–H groups in total. The van der Waals surface area contributed by atoms with E-state index in [2.05, 4.69) is 30.2 Å². The molecule has 0 saturated carbocycles. The zero-order valence-corrected chi connectivity index (χ0v) is 36.5. The second-order valence-electron chi connectivity index (χ2n) is 15.9. The number of hydrogen-bond donors (Lipinski definition) is 1. The molecule has 320 valence electrons. The van der Waals surface area contributed by atoms with Crippen LogP contribution in [0.2, 0.25) is 5.15 Å². The first-order valence-corrected chi connectivity index (χ1v) is 23.1. The molecule has 0 spiro atoms. The lowest BCUT2D eigenvalue weighted by Gasteiger charge is -2.33. The number of aromatic nitrogens is 8. The zero-order chi connectivity index (χ0) is 44.1. The van der Waals surface area contributed by atoms with Gasteiger partial charge in [0.2, 0.25) is 0 Å². The second kappa shape index (κ2) is 16.2. The monoisotopic (exact) mass is 902 g/mol. The van der Waals surface area contributed by atoms with Crippen molar-refractivity contribution < 1.29 is 26.4 Å². The van der Waals surface area contributed by atoms with Crippen LogP contribution < -0.4 is 5.32 Å². The predicted molar refractivity (Wildman–Crippen MR) is 238 cm³/mol. The summed E-state index contributed by atoms with van der Waals surface area (Å²) in [6.07, 6.45) is 8.62. The van der Waals surface area contributed by atoms with E-state index < -0.39 is 25.6 Å². The highest BCUT2D eigenvalue weighted by molar-refractivity contribution is 7.90. The molecular formula is C44H39ClN10O6S2. The van der Waals surface area contributed by atoms with Gasteiger partial charge in [0.05, 0.1) is 21.2 Å². The molecule has 8 aromatic rings. The molecule has 2 aromatic carbocycles. The van der Waals surface area contributed by atoms with Gasteiger partial charge in [-0.1, -0.05) is 29.8 Å². The highest BCUT2D eigenvalue weighted by Gasteiger charge is 2.28. The number of piperidine rings is 1. The summed E-state index contributed by atoms with van der Waals surface area (Å²) in [6.45, 7) is 6.68. The van der Waals surface area contributed by atoms with E-state index in [1.807, 2.05) is 32.9 Å². The van der Waals surface area contributed by atoms with Crippen molar-refractivity contribution in [3.8, 4) is 33.9 Å². The van der Waals surface area contributed by atoms with Crippen LogP contribution in [0.4, 0.5) is 10.6 Å². The molecule has 6 aromatic heterocycles. The number of amides is 1. The number of carbonyl (C=O) groups excluding carboxylic acids is 1. The SMILES string of the molecule is CC(C)(C)OC(=O)N1CCC(Nc2cc(-c3cnc4c(ccn4S(=O)(=O)c4ccc(-c5nc(Cl)cc(-c6cnc7c(ccn7S(=O)(=O)c7ccccc7)c6)n5)cc4)c3)ncn2)CC1. The fraction of sp³-hybridized carbons (Fsp3) is 0.205. The standard InChI is InChI=1S/C44H39ClN10O6S2/c1-44(2,3)61-43(56)53-17-15-33(16-18-53)50-39-24-36(48-27-49-39)31-21-29-13-20-55(41(29)46-25-31)63(59,60)35-11-9-28(10-12-35)40-51-37(23-38(45)52-40)32-22-30-14-19-54(42(30)47-26-32)62(57,58)34-7-5-4-6-8-34/h4-14,19-27,33H,15-18H2,1-3H3,(H,48,49,50). The smallest absolute Gasteiger partial charge is 0.410 e. The number of anilines is 1. The molecule has 63 heavy (non-hydrogen) atoms. The van der Waals surface area contributed by atoms with Crippen LogP contribution in [0.15, 0.2) is 132 Å². The highest BCUT2D eigenvalue weighted by Crippen LogP contribution is 2.31. The fourth-order valence-electron chi connectivity index (χ4n) is 7.29. The molecule has 0 atom stereocenters. The fourth-order valence-corrected chi connectivity index (χ4v) is 10.1. The first-order chi connectivity index (χ1) is 30.1. The van der Waals surface area contributed by atoms with Crippen LogP contribution in [-0.2, 0) is 24.8 Å². The molecule has 1 fully saturated rings. The molecule has 0 bridgehead atoms. The maximum Gasteiger partial charge on any atom is 0.410 e. The summed E-state index contributed by atoms with van der Waals surface area (Å²) in [5.41, 5.74) is 2.75. The van der Waals surface area contributed by atoms with Gasteiger partial charge >= 0.3 is 6.09 Å². The van der Waals surface area contributed by atoms with Crippen molar-refractivity contribution in [2.45, 2.75) is 55.0 Å². The summed E-state index contributed by atoms with van der Waals surface area (Å²) < 4.78 is 62.3. The summed E-state index contributed by atoms with van der Waals surface area (Å²) in [7, 11) is -7.95. The molecule has 9 rings (SSSR count). The average Bonchev–Trinajstić information content (AvgIpc) is 3.92. The summed E-state index contributed by atoms with van der Waals surface area (Å²) in [6, 6.07) is 24.7. The van der Waals surface area contributed by atoms with E-state index in [0.29, 0.717) is 57.8 Å². The average molecular weight is 903 g/mol. The lowest BCUT2D eigenvalue weighted by molar-refractivity contribution is 0.0210. The van der Waals surface area contributed by atoms with E-state index in [4.69, 9.17) is 21.3 Å². The molecule has 7 heterocycles. The van der Waals surface area contributed by atoms with Crippen molar-refractivity contribution in [1.82, 2.24) is 42.7 Å². The Morgan fingerprint density at radius 3 is 1.89 bits per heavy atom. The minimum atomic E-state index is -4.08. The number of likely N-dealkylation sites (tertiary alicyclic amines) is 1. The summed E-state index contributed by atoms with van der Waals surface area (Å²) in [5.74, 6) is 0.875. The minimum absolute atomic E-state index is 0.0185. The van der Waals surface area contributed by atoms with E-state index >= 15 is 0 Å². The number of ether oxygens (including phenoxy) is 1. The molecule has 19 heteroatoms. The Morgan fingerprint density at radius 1 is 0.698 bits per heavy atom. The summed E-state index contributed by atoms with van der Waals surface area (Å²) >= 11 is 6.47. The van der Waals surface area contributed by atoms with E-state index in [1.165, 1.54) is 49.2 Å². The van der Waals surface area contributed by atoms with Gasteiger partial charge in [0.15, 0.2) is 17.1 Å². The molecule has 0 radical (unpaired) electrons. The molecule has 1 amide bonds. The number of fused-ring (bicyclic) bond motifs is 2. The first-order valence-electron chi connectivity index (χ1n) is 19.9. The Bertz CT molecular complexity index is 3260. The Hall–Kier alpha value is -6.76. The third-order valence-electron chi connectivity index (χ3n) is 10.4. The van der Waals surface area contributed by atoms with Crippen molar-refractivity contribution in [1.29, 1.82) is 0 Å². The number of rotatable bonds is 9. The van der Waals surface area contributed by atoms with E-state index in [0.717, 1.165) is 20.8 Å². The van der Waals surface area contributed by atoms with Gasteiger partial charge in [-0.3, -0.25) is 0 Å². The van der Waals surface area contributed by atoms with Gasteiger partial charge in [0.25, 0.3) is 20.0 Å². The zero-order valence-electron chi connectivity index (χ0n) is 34.1. The van der Waals surface area contributed by atoms with Gasteiger partial charge in [0, 0.05) is 83.5 Å². The summed E-state index contributed by atoms with van der Waals surface area (Å²) in [4.78, 5) is 41.3. The van der Waals surface area contributed by atoms with Crippen molar-refractivity contribution in [3.63, 3.8) is 0 Å². The number of pyridine rings is 2. The highest BCUT2D eigenvalue weighted by atomic mass is 35.5. The van der Waals surface area contributed by atoms with Crippen molar-refractivity contribution in [2.75, 3.05) is 18.4 Å². The third-order valence-corrected chi connectivity index (χ3v) is 14.0. The summed E-state index contributed by atoms with van der Waals surface area (Å²) in [5, 5.41) is 4.76. The van der Waals surface area contributed by atoms with Crippen molar-refractivity contribution >= 4 is 65.6 Å². The van der Waals surface area contributed by atoms with Gasteiger partial charge in [0.1, 0.15) is 22.9 Å². The van der Waals surface area contributed by atoms with Gasteiger partial charge < -0.3 is 15.0 Å². The first kappa shape index (κ1) is 41.6. The van der Waals surface area contributed by atoms with Crippen LogP contribution in [0.3, 0.4) is 0 Å². The van der Waals surface area contributed by atoms with Gasteiger partial charge in [-0.25, -0.2) is 59.5 Å². The number of hydrogen-bond acceptors (Lipinski definition) is 13. The maximum atomic E-state index is 14.0. The van der Waals surface area contributed by atoms with Gasteiger partial charge in [-0.2, -0.15) is 0 Å². The number of halogens is 1. The van der Waals surface area contributed by atoms with E-state index in [1.54, 1.807) is 65.7 Å². The Morgan fingerprint density at radius 2 is 1.29 bits per heavy atom. The number of nitrogens with one attached hydrogen (secondary N) is 1. The predicted octanol–water partition coefficient (Wildman–Crippen LogP) is 7.91. The van der Waals surface area contributed by atoms with Gasteiger partial charge in [-0.05, 0) is 94.3 Å². The van der Waals surface area contributed by atoms with Crippen LogP contribution >= 0.6 is 11.6 Å². The second-order valence-corrected chi connectivity index (χ2v) is 19.9. The molecule has 1 aliphatic heterocycles. The maximum absolute atomic E-state index is 14.0. The van der Waals surface area contributed by atoms with Crippen molar-refractivity contribution in [3.05, 3.63) is 127 Å². The Labute approximate surface area is 367 Å². The number of benzene rings is 2. The van der Waals surface area contributed by atoms with Crippen LogP contribution in [0, 0.1) is 0 Å². The quantitative estimate of drug-likeness (QED) is 0.137. The molecule has 1 aliphatic rings. The topological polar surface area (TPSA) is 197 Å². The van der Waals surface area contributed by atoms with Crippen LogP contribution in [0.1, 0.15) is 33.6 Å². The number of carbonyl (C=O) groups is 1. The Balaban J connectivity index is 0.901. The van der Waals surface area contributed by atoms with E-state index in [-0.39, 0.29) is 44.2 Å². The largest absolute Gasteiger partial charge is 0.444 e. The minimum Gasteiger partial charge on any atom is -0.444 e. The van der Waals surface area contributed by atoms with Gasteiger partial charge in [-0.15, -0.1) is 0 Å². The lowest BCUT2D eigenvalue weighted by atomic mass is 10.1.